The van der Waals surface area contributed by atoms with E-state index in [0.717, 1.165) is 31.2 Å². The molecule has 2 unspecified atom stereocenters. The van der Waals surface area contributed by atoms with Gasteiger partial charge in [0.1, 0.15) is 6.54 Å². The maximum atomic E-state index is 12.8. The number of anilines is 1. The van der Waals surface area contributed by atoms with Crippen LogP contribution in [0, 0.1) is 5.41 Å². The van der Waals surface area contributed by atoms with Crippen molar-refractivity contribution in [3.63, 3.8) is 0 Å². The van der Waals surface area contributed by atoms with Crippen molar-refractivity contribution >= 4 is 41.5 Å². The Morgan fingerprint density at radius 3 is 2.72 bits per heavy atom. The zero-order valence-corrected chi connectivity index (χ0v) is 20.0. The second kappa shape index (κ2) is 9.20. The van der Waals surface area contributed by atoms with Crippen LogP contribution in [0.15, 0.2) is 17.4 Å². The molecule has 9 heteroatoms. The minimum absolute atomic E-state index is 0. The van der Waals surface area contributed by atoms with Gasteiger partial charge in [-0.25, -0.2) is 0 Å². The van der Waals surface area contributed by atoms with Crippen LogP contribution in [0.3, 0.4) is 0 Å². The fraction of sp³-hybridized carbons (Fsp3) is 0.750. The van der Waals surface area contributed by atoms with Crippen LogP contribution in [-0.2, 0) is 16.6 Å². The van der Waals surface area contributed by atoms with E-state index in [0.29, 0.717) is 31.8 Å². The van der Waals surface area contributed by atoms with Gasteiger partial charge in [0.2, 0.25) is 5.91 Å². The van der Waals surface area contributed by atoms with Crippen LogP contribution in [0.4, 0.5) is 5.69 Å². The standard InChI is InChI=1S/C20H32N6O2.HI/c1-4-21-19(23-16-11-17(28-5-2)20(16)7-6-8-20)25-9-10-26(18(27)14-25)15-12-22-24(3)13-15;/h12-13,16-17H,4-11,14H2,1-3H3,(H,21,23);1H. The SMILES string of the molecule is CCN=C(NC1CC(OCC)C12CCC2)N1CCN(c2cnn(C)c2)C(=O)C1.I. The summed E-state index contributed by atoms with van der Waals surface area (Å²) in [7, 11) is 1.87. The third kappa shape index (κ3) is 4.12. The average molecular weight is 516 g/mol. The summed E-state index contributed by atoms with van der Waals surface area (Å²) in [5, 5.41) is 7.88. The van der Waals surface area contributed by atoms with E-state index in [1.54, 1.807) is 10.9 Å². The lowest BCUT2D eigenvalue weighted by atomic mass is 9.51. The van der Waals surface area contributed by atoms with E-state index in [9.17, 15) is 4.79 Å². The first-order chi connectivity index (χ1) is 13.6. The molecule has 1 aromatic rings. The molecule has 0 aromatic carbocycles. The van der Waals surface area contributed by atoms with Crippen LogP contribution in [0.1, 0.15) is 39.5 Å². The lowest BCUT2D eigenvalue weighted by molar-refractivity contribution is -0.169. The summed E-state index contributed by atoms with van der Waals surface area (Å²) in [6.45, 7) is 7.35. The number of amides is 1. The number of aryl methyl sites for hydroxylation is 1. The molecule has 1 N–H and O–H groups in total. The molecule has 0 bridgehead atoms. The fourth-order valence-electron chi connectivity index (χ4n) is 4.86. The predicted molar refractivity (Wildman–Crippen MR) is 124 cm³/mol. The summed E-state index contributed by atoms with van der Waals surface area (Å²) in [6, 6.07) is 0.398. The number of aliphatic imine (C=N–C) groups is 1. The first kappa shape index (κ1) is 22.3. The van der Waals surface area contributed by atoms with E-state index in [1.807, 2.05) is 25.1 Å². The van der Waals surface area contributed by atoms with Crippen LogP contribution in [0.2, 0.25) is 0 Å². The lowest BCUT2D eigenvalue weighted by Gasteiger charge is -2.61. The summed E-state index contributed by atoms with van der Waals surface area (Å²) in [6.07, 6.45) is 8.76. The molecular formula is C20H33IN6O2. The van der Waals surface area contributed by atoms with Crippen LogP contribution in [-0.4, -0.2) is 71.5 Å². The van der Waals surface area contributed by atoms with Crippen LogP contribution in [0.25, 0.3) is 0 Å². The molecule has 29 heavy (non-hydrogen) atoms. The molecule has 2 atom stereocenters. The second-order valence-corrected chi connectivity index (χ2v) is 8.10. The van der Waals surface area contributed by atoms with Gasteiger partial charge in [-0.2, -0.15) is 5.10 Å². The van der Waals surface area contributed by atoms with Gasteiger partial charge >= 0.3 is 0 Å². The fourth-order valence-corrected chi connectivity index (χ4v) is 4.86. The van der Waals surface area contributed by atoms with E-state index in [2.05, 4.69) is 22.2 Å². The van der Waals surface area contributed by atoms with Gasteiger partial charge in [-0.3, -0.25) is 14.5 Å². The van der Waals surface area contributed by atoms with Gasteiger partial charge in [0.15, 0.2) is 5.96 Å². The van der Waals surface area contributed by atoms with E-state index < -0.39 is 0 Å². The molecule has 4 rings (SSSR count). The number of halogens is 1. The summed E-state index contributed by atoms with van der Waals surface area (Å²) >= 11 is 0. The number of aromatic nitrogens is 2. The third-order valence-electron chi connectivity index (χ3n) is 6.57. The summed E-state index contributed by atoms with van der Waals surface area (Å²) < 4.78 is 7.70. The molecule has 2 aliphatic carbocycles. The molecule has 3 aliphatic rings. The Bertz CT molecular complexity index is 747. The number of rotatable bonds is 5. The zero-order chi connectivity index (χ0) is 19.7. The second-order valence-electron chi connectivity index (χ2n) is 8.10. The molecule has 2 heterocycles. The molecule has 2 saturated carbocycles. The quantitative estimate of drug-likeness (QED) is 0.368. The number of nitrogens with one attached hydrogen (secondary N) is 1. The van der Waals surface area contributed by atoms with Crippen molar-refractivity contribution in [3.8, 4) is 0 Å². The maximum absolute atomic E-state index is 12.8. The highest BCUT2D eigenvalue weighted by atomic mass is 127. The van der Waals surface area contributed by atoms with Gasteiger partial charge in [0.05, 0.1) is 18.0 Å². The Balaban J connectivity index is 0.00000240. The van der Waals surface area contributed by atoms with Crippen LogP contribution >= 0.6 is 24.0 Å². The summed E-state index contributed by atoms with van der Waals surface area (Å²) in [5.74, 6) is 0.955. The Hall–Kier alpha value is -1.36. The smallest absolute Gasteiger partial charge is 0.246 e. The number of guanidine groups is 1. The van der Waals surface area contributed by atoms with Crippen molar-refractivity contribution in [2.24, 2.45) is 17.5 Å². The Labute approximate surface area is 190 Å². The van der Waals surface area contributed by atoms with Gasteiger partial charge in [0, 0.05) is 50.9 Å². The molecule has 3 fully saturated rings. The monoisotopic (exact) mass is 516 g/mol. The normalized spacial score (nSPS) is 26.0. The van der Waals surface area contributed by atoms with Gasteiger partial charge in [-0.15, -0.1) is 24.0 Å². The van der Waals surface area contributed by atoms with Crippen molar-refractivity contribution in [2.45, 2.75) is 51.7 Å². The largest absolute Gasteiger partial charge is 0.378 e. The Kier molecular flexibility index (Phi) is 7.08. The molecule has 1 aliphatic heterocycles. The number of hydrogen-bond donors (Lipinski definition) is 1. The number of ether oxygens (including phenoxy) is 1. The number of nitrogens with zero attached hydrogens (tertiary/aromatic N) is 5. The summed E-state index contributed by atoms with van der Waals surface area (Å²) in [5.41, 5.74) is 1.13. The first-order valence-corrected chi connectivity index (χ1v) is 10.5. The molecule has 1 amide bonds. The van der Waals surface area contributed by atoms with Crippen molar-refractivity contribution < 1.29 is 9.53 Å². The topological polar surface area (TPSA) is 75.0 Å². The van der Waals surface area contributed by atoms with E-state index in [-0.39, 0.29) is 35.3 Å². The van der Waals surface area contributed by atoms with Crippen molar-refractivity contribution in [1.82, 2.24) is 20.0 Å². The highest BCUT2D eigenvalue weighted by molar-refractivity contribution is 14.0. The lowest BCUT2D eigenvalue weighted by Crippen LogP contribution is -2.69. The van der Waals surface area contributed by atoms with Gasteiger partial charge in [-0.1, -0.05) is 6.42 Å². The van der Waals surface area contributed by atoms with E-state index in [1.165, 1.54) is 19.3 Å². The highest BCUT2D eigenvalue weighted by Crippen LogP contribution is 2.57. The van der Waals surface area contributed by atoms with Crippen LogP contribution < -0.4 is 10.2 Å². The van der Waals surface area contributed by atoms with Gasteiger partial charge in [-0.05, 0) is 33.1 Å². The average Bonchev–Trinajstić information content (AvgIpc) is 3.04. The summed E-state index contributed by atoms with van der Waals surface area (Å²) in [4.78, 5) is 21.4. The minimum Gasteiger partial charge on any atom is -0.378 e. The minimum atomic E-state index is 0. The molecule has 8 nitrogen and oxygen atoms in total. The highest BCUT2D eigenvalue weighted by Gasteiger charge is 2.59. The van der Waals surface area contributed by atoms with Gasteiger partial charge in [0.25, 0.3) is 0 Å². The Morgan fingerprint density at radius 1 is 1.38 bits per heavy atom. The first-order valence-electron chi connectivity index (χ1n) is 10.5. The van der Waals surface area contributed by atoms with Crippen molar-refractivity contribution in [1.29, 1.82) is 0 Å². The van der Waals surface area contributed by atoms with E-state index >= 15 is 0 Å². The molecule has 162 valence electrons. The Morgan fingerprint density at radius 2 is 2.17 bits per heavy atom. The van der Waals surface area contributed by atoms with Crippen molar-refractivity contribution in [3.05, 3.63) is 12.4 Å². The van der Waals surface area contributed by atoms with Gasteiger partial charge < -0.3 is 19.9 Å². The number of carbonyl (C=O) groups excluding carboxylic acids is 1. The molecular weight excluding hydrogens is 483 g/mol. The number of hydrogen-bond acceptors (Lipinski definition) is 4. The molecule has 1 aromatic heterocycles. The van der Waals surface area contributed by atoms with Crippen LogP contribution in [0.5, 0.6) is 0 Å². The molecule has 1 saturated heterocycles. The number of piperazine rings is 1. The molecule has 0 radical (unpaired) electrons. The predicted octanol–water partition coefficient (Wildman–Crippen LogP) is 2.00. The third-order valence-corrected chi connectivity index (χ3v) is 6.57. The maximum Gasteiger partial charge on any atom is 0.246 e. The zero-order valence-electron chi connectivity index (χ0n) is 17.6. The number of carbonyl (C=O) groups is 1. The molecule has 1 spiro atoms. The van der Waals surface area contributed by atoms with E-state index in [4.69, 9.17) is 9.73 Å². The van der Waals surface area contributed by atoms with Crippen molar-refractivity contribution in [2.75, 3.05) is 37.7 Å².